The van der Waals surface area contributed by atoms with Gasteiger partial charge in [0.1, 0.15) is 18.0 Å². The molecular weight excluding hydrogens is 466 g/mol. The Hall–Kier alpha value is -3.85. The van der Waals surface area contributed by atoms with Crippen molar-refractivity contribution in [2.24, 2.45) is 0 Å². The lowest BCUT2D eigenvalue weighted by atomic mass is 10.1. The van der Waals surface area contributed by atoms with Crippen LogP contribution in [0.25, 0.3) is 0 Å². The Morgan fingerprint density at radius 2 is 1.51 bits per heavy atom. The van der Waals surface area contributed by atoms with E-state index < -0.39 is 22.5 Å². The Kier molecular flexibility index (Phi) is 8.86. The van der Waals surface area contributed by atoms with E-state index in [1.807, 2.05) is 37.3 Å². The van der Waals surface area contributed by atoms with Crippen molar-refractivity contribution in [2.45, 2.75) is 19.8 Å². The van der Waals surface area contributed by atoms with Crippen molar-refractivity contribution in [3.8, 4) is 11.5 Å². The molecule has 8 nitrogen and oxygen atoms in total. The Bertz CT molecular complexity index is 1250. The van der Waals surface area contributed by atoms with Gasteiger partial charge in [0, 0.05) is 6.54 Å². The van der Waals surface area contributed by atoms with Gasteiger partial charge in [-0.3, -0.25) is 13.9 Å². The standard InChI is InChI=1S/C26H29N3O5S/c1-3-4-18-27-26(31)23-12-8-9-13-24(23)28-25(30)19-29(35(2,32)33)20-14-16-22(17-15-20)34-21-10-6-5-7-11-21/h5-17H,3-4,18-19H2,1-2H3,(H,27,31)(H,28,30). The first-order chi connectivity index (χ1) is 16.8. The molecule has 3 aromatic rings. The molecule has 0 spiro atoms. The number of anilines is 2. The molecule has 0 aliphatic heterocycles. The summed E-state index contributed by atoms with van der Waals surface area (Å²) in [7, 11) is -3.77. The van der Waals surface area contributed by atoms with Gasteiger partial charge in [-0.25, -0.2) is 8.42 Å². The average molecular weight is 496 g/mol. The van der Waals surface area contributed by atoms with Crippen LogP contribution < -0.4 is 19.7 Å². The third-order valence-electron chi connectivity index (χ3n) is 5.05. The van der Waals surface area contributed by atoms with E-state index in [4.69, 9.17) is 4.74 Å². The Morgan fingerprint density at radius 3 is 2.17 bits per heavy atom. The van der Waals surface area contributed by atoms with E-state index in [1.165, 1.54) is 0 Å². The molecule has 3 aromatic carbocycles. The van der Waals surface area contributed by atoms with Crippen molar-refractivity contribution >= 4 is 33.2 Å². The minimum Gasteiger partial charge on any atom is -0.457 e. The van der Waals surface area contributed by atoms with Crippen molar-refractivity contribution in [3.05, 3.63) is 84.4 Å². The summed E-state index contributed by atoms with van der Waals surface area (Å²) in [5.74, 6) is 0.301. The number of sulfonamides is 1. The van der Waals surface area contributed by atoms with Gasteiger partial charge in [0.05, 0.1) is 23.2 Å². The van der Waals surface area contributed by atoms with Crippen molar-refractivity contribution < 1.29 is 22.7 Å². The molecule has 0 heterocycles. The van der Waals surface area contributed by atoms with Gasteiger partial charge in [0.2, 0.25) is 15.9 Å². The second-order valence-corrected chi connectivity index (χ2v) is 9.79. The summed E-state index contributed by atoms with van der Waals surface area (Å²) >= 11 is 0. The third kappa shape index (κ3) is 7.58. The van der Waals surface area contributed by atoms with E-state index in [0.29, 0.717) is 35.0 Å². The van der Waals surface area contributed by atoms with E-state index in [1.54, 1.807) is 48.5 Å². The van der Waals surface area contributed by atoms with Crippen molar-refractivity contribution in [1.29, 1.82) is 0 Å². The number of nitrogens with zero attached hydrogens (tertiary/aromatic N) is 1. The highest BCUT2D eigenvalue weighted by atomic mass is 32.2. The fourth-order valence-electron chi connectivity index (χ4n) is 3.29. The van der Waals surface area contributed by atoms with E-state index in [9.17, 15) is 18.0 Å². The summed E-state index contributed by atoms with van der Waals surface area (Å²) in [6, 6.07) is 22.2. The molecule has 0 unspecified atom stereocenters. The highest BCUT2D eigenvalue weighted by Gasteiger charge is 2.22. The van der Waals surface area contributed by atoms with Crippen LogP contribution in [0, 0.1) is 0 Å². The summed E-state index contributed by atoms with van der Waals surface area (Å²) in [5.41, 5.74) is 0.936. The summed E-state index contributed by atoms with van der Waals surface area (Å²) in [6.07, 6.45) is 2.82. The largest absolute Gasteiger partial charge is 0.457 e. The molecule has 0 fully saturated rings. The van der Waals surface area contributed by atoms with Crippen LogP contribution in [0.15, 0.2) is 78.9 Å². The lowest BCUT2D eigenvalue weighted by Crippen LogP contribution is -2.37. The number of ether oxygens (including phenoxy) is 1. The average Bonchev–Trinajstić information content (AvgIpc) is 2.83. The SMILES string of the molecule is CCCCNC(=O)c1ccccc1NC(=O)CN(c1ccc(Oc2ccccc2)cc1)S(C)(=O)=O. The van der Waals surface area contributed by atoms with Gasteiger partial charge in [0.25, 0.3) is 5.91 Å². The minimum absolute atomic E-state index is 0.302. The van der Waals surface area contributed by atoms with Crippen LogP contribution in [0.1, 0.15) is 30.1 Å². The zero-order chi connectivity index (χ0) is 25.3. The number of rotatable bonds is 11. The third-order valence-corrected chi connectivity index (χ3v) is 6.19. The number of carbonyl (C=O) groups is 2. The van der Waals surface area contributed by atoms with Crippen molar-refractivity contribution in [1.82, 2.24) is 5.32 Å². The van der Waals surface area contributed by atoms with Crippen LogP contribution in [0.2, 0.25) is 0 Å². The van der Waals surface area contributed by atoms with Gasteiger partial charge in [-0.15, -0.1) is 0 Å². The molecule has 0 aliphatic carbocycles. The second-order valence-electron chi connectivity index (χ2n) is 7.88. The Labute approximate surface area is 206 Å². The highest BCUT2D eigenvalue weighted by molar-refractivity contribution is 7.92. The van der Waals surface area contributed by atoms with Gasteiger partial charge in [-0.05, 0) is 55.0 Å². The minimum atomic E-state index is -3.77. The lowest BCUT2D eigenvalue weighted by Gasteiger charge is -2.22. The highest BCUT2D eigenvalue weighted by Crippen LogP contribution is 2.25. The molecule has 0 bridgehead atoms. The normalized spacial score (nSPS) is 10.9. The molecule has 3 rings (SSSR count). The van der Waals surface area contributed by atoms with Crippen molar-refractivity contribution in [3.63, 3.8) is 0 Å². The van der Waals surface area contributed by atoms with Gasteiger partial charge in [-0.1, -0.05) is 43.7 Å². The predicted octanol–water partition coefficient (Wildman–Crippen LogP) is 4.41. The van der Waals surface area contributed by atoms with Gasteiger partial charge in [0.15, 0.2) is 0 Å². The molecule has 2 amide bonds. The quantitative estimate of drug-likeness (QED) is 0.383. The molecule has 0 saturated carbocycles. The molecule has 2 N–H and O–H groups in total. The summed E-state index contributed by atoms with van der Waals surface area (Å²) in [5, 5.41) is 5.49. The number of carbonyl (C=O) groups excluding carboxylic acids is 2. The zero-order valence-electron chi connectivity index (χ0n) is 19.7. The van der Waals surface area contributed by atoms with Gasteiger partial charge >= 0.3 is 0 Å². The molecule has 0 atom stereocenters. The van der Waals surface area contributed by atoms with E-state index in [0.717, 1.165) is 23.4 Å². The number of nitrogens with one attached hydrogen (secondary N) is 2. The van der Waals surface area contributed by atoms with Crippen LogP contribution >= 0.6 is 0 Å². The molecule has 0 aliphatic rings. The number of hydrogen-bond acceptors (Lipinski definition) is 5. The van der Waals surface area contributed by atoms with Crippen molar-refractivity contribution in [2.75, 3.05) is 29.0 Å². The first-order valence-corrected chi connectivity index (χ1v) is 13.1. The maximum absolute atomic E-state index is 12.8. The number of hydrogen-bond donors (Lipinski definition) is 2. The molecule has 9 heteroatoms. The lowest BCUT2D eigenvalue weighted by molar-refractivity contribution is -0.114. The fourth-order valence-corrected chi connectivity index (χ4v) is 4.15. The molecule has 184 valence electrons. The number of amides is 2. The smallest absolute Gasteiger partial charge is 0.253 e. The Balaban J connectivity index is 1.72. The van der Waals surface area contributed by atoms with Gasteiger partial charge in [-0.2, -0.15) is 0 Å². The summed E-state index contributed by atoms with van der Waals surface area (Å²) < 4.78 is 31.7. The first-order valence-electron chi connectivity index (χ1n) is 11.3. The predicted molar refractivity (Wildman–Crippen MR) is 137 cm³/mol. The first kappa shape index (κ1) is 25.8. The van der Waals surface area contributed by atoms with Crippen LogP contribution in [0.4, 0.5) is 11.4 Å². The maximum Gasteiger partial charge on any atom is 0.253 e. The maximum atomic E-state index is 12.8. The van der Waals surface area contributed by atoms with Crippen LogP contribution in [-0.2, 0) is 14.8 Å². The second kappa shape index (κ2) is 12.0. The number of benzene rings is 3. The van der Waals surface area contributed by atoms with E-state index >= 15 is 0 Å². The van der Waals surface area contributed by atoms with E-state index in [2.05, 4.69) is 10.6 Å². The molecule has 0 saturated heterocycles. The molecular formula is C26H29N3O5S. The van der Waals surface area contributed by atoms with E-state index in [-0.39, 0.29) is 5.91 Å². The van der Waals surface area contributed by atoms with Crippen LogP contribution in [-0.4, -0.2) is 39.6 Å². The van der Waals surface area contributed by atoms with Crippen LogP contribution in [0.3, 0.4) is 0 Å². The number of para-hydroxylation sites is 2. The fraction of sp³-hybridized carbons (Fsp3) is 0.231. The topological polar surface area (TPSA) is 105 Å². The summed E-state index contributed by atoms with van der Waals surface area (Å²) in [6.45, 7) is 2.10. The monoisotopic (exact) mass is 495 g/mol. The molecule has 35 heavy (non-hydrogen) atoms. The number of unbranched alkanes of at least 4 members (excludes halogenated alkanes) is 1. The summed E-state index contributed by atoms with van der Waals surface area (Å²) in [4.78, 5) is 25.3. The van der Waals surface area contributed by atoms with Gasteiger partial charge < -0.3 is 15.4 Å². The van der Waals surface area contributed by atoms with Crippen LogP contribution in [0.5, 0.6) is 11.5 Å². The molecule has 0 aromatic heterocycles. The Morgan fingerprint density at radius 1 is 0.886 bits per heavy atom. The molecule has 0 radical (unpaired) electrons. The zero-order valence-corrected chi connectivity index (χ0v) is 20.5.